The molecule has 6 nitrogen and oxygen atoms in total. The van der Waals surface area contributed by atoms with Gasteiger partial charge in [0.2, 0.25) is 5.91 Å². The second kappa shape index (κ2) is 8.08. The molecular formula is C20H29N3O3. The topological polar surface area (TPSA) is 72.9 Å². The second-order valence-electron chi connectivity index (χ2n) is 7.58. The van der Waals surface area contributed by atoms with Crippen molar-refractivity contribution in [2.75, 3.05) is 44.7 Å². The number of likely N-dealkylation sites (tertiary alicyclic amines) is 1. The van der Waals surface area contributed by atoms with Crippen LogP contribution >= 0.6 is 0 Å². The molecule has 1 spiro atoms. The van der Waals surface area contributed by atoms with Crippen LogP contribution in [0.1, 0.15) is 42.5 Å². The maximum atomic E-state index is 12.8. The summed E-state index contributed by atoms with van der Waals surface area (Å²) in [6.45, 7) is 2.96. The van der Waals surface area contributed by atoms with E-state index in [4.69, 9.17) is 5.11 Å². The fourth-order valence-electron chi connectivity index (χ4n) is 4.06. The van der Waals surface area contributed by atoms with Crippen molar-refractivity contribution in [3.05, 3.63) is 29.8 Å². The van der Waals surface area contributed by atoms with Crippen molar-refractivity contribution in [3.8, 4) is 0 Å². The summed E-state index contributed by atoms with van der Waals surface area (Å²) in [6.07, 6.45) is 4.52. The van der Waals surface area contributed by atoms with E-state index in [0.29, 0.717) is 18.5 Å². The molecule has 0 radical (unpaired) electrons. The van der Waals surface area contributed by atoms with Gasteiger partial charge in [0, 0.05) is 50.9 Å². The predicted molar refractivity (Wildman–Crippen MR) is 101 cm³/mol. The summed E-state index contributed by atoms with van der Waals surface area (Å²) in [7, 11) is 1.92. The van der Waals surface area contributed by atoms with Crippen LogP contribution in [0.3, 0.4) is 0 Å². The quantitative estimate of drug-likeness (QED) is 0.857. The first-order chi connectivity index (χ1) is 12.5. The van der Waals surface area contributed by atoms with Crippen LogP contribution in [0.5, 0.6) is 0 Å². The highest BCUT2D eigenvalue weighted by Crippen LogP contribution is 2.40. The molecule has 3 rings (SSSR count). The molecule has 142 valence electrons. The standard InChI is InChI=1S/C20H29N3O3/c1-22(14-15-24)17-4-2-16(3-5-17)19(26)23-12-9-20(10-13-23)7-6-18(25)21-11-8-20/h2-5,24H,6-15H2,1H3,(H,21,25). The van der Waals surface area contributed by atoms with Gasteiger partial charge in [-0.15, -0.1) is 0 Å². The first-order valence-corrected chi connectivity index (χ1v) is 9.51. The molecule has 2 aliphatic rings. The number of rotatable bonds is 4. The molecule has 0 unspecified atom stereocenters. The van der Waals surface area contributed by atoms with Crippen LogP contribution in [0, 0.1) is 5.41 Å². The van der Waals surface area contributed by atoms with Crippen LogP contribution in [0.25, 0.3) is 0 Å². The van der Waals surface area contributed by atoms with Crippen molar-refractivity contribution in [2.24, 2.45) is 5.41 Å². The molecule has 2 fully saturated rings. The van der Waals surface area contributed by atoms with Crippen LogP contribution in [-0.2, 0) is 4.79 Å². The number of piperidine rings is 1. The third kappa shape index (κ3) is 4.18. The highest BCUT2D eigenvalue weighted by molar-refractivity contribution is 5.94. The number of aliphatic hydroxyl groups excluding tert-OH is 1. The summed E-state index contributed by atoms with van der Waals surface area (Å²) in [6, 6.07) is 7.59. The van der Waals surface area contributed by atoms with Gasteiger partial charge in [0.1, 0.15) is 0 Å². The molecular weight excluding hydrogens is 330 g/mol. The second-order valence-corrected chi connectivity index (χ2v) is 7.58. The number of hydrogen-bond donors (Lipinski definition) is 2. The van der Waals surface area contributed by atoms with E-state index in [1.807, 2.05) is 41.1 Å². The maximum Gasteiger partial charge on any atom is 0.253 e. The van der Waals surface area contributed by atoms with Gasteiger partial charge in [-0.25, -0.2) is 0 Å². The monoisotopic (exact) mass is 359 g/mol. The molecule has 0 atom stereocenters. The van der Waals surface area contributed by atoms with Crippen LogP contribution in [-0.4, -0.2) is 61.7 Å². The third-order valence-electron chi connectivity index (χ3n) is 5.96. The van der Waals surface area contributed by atoms with E-state index < -0.39 is 0 Å². The van der Waals surface area contributed by atoms with Crippen molar-refractivity contribution in [3.63, 3.8) is 0 Å². The lowest BCUT2D eigenvalue weighted by molar-refractivity contribution is -0.121. The van der Waals surface area contributed by atoms with Gasteiger partial charge in [0.25, 0.3) is 5.91 Å². The lowest BCUT2D eigenvalue weighted by Crippen LogP contribution is -2.43. The largest absolute Gasteiger partial charge is 0.395 e. The number of amides is 2. The zero-order valence-electron chi connectivity index (χ0n) is 15.5. The normalized spacial score (nSPS) is 19.8. The molecule has 1 aromatic rings. The summed E-state index contributed by atoms with van der Waals surface area (Å²) >= 11 is 0. The Hall–Kier alpha value is -2.08. The van der Waals surface area contributed by atoms with Gasteiger partial charge < -0.3 is 20.2 Å². The Kier molecular flexibility index (Phi) is 5.81. The molecule has 0 aliphatic carbocycles. The molecule has 2 saturated heterocycles. The van der Waals surface area contributed by atoms with Gasteiger partial charge in [0.05, 0.1) is 6.61 Å². The average molecular weight is 359 g/mol. The number of anilines is 1. The van der Waals surface area contributed by atoms with Gasteiger partial charge in [-0.05, 0) is 55.4 Å². The summed E-state index contributed by atoms with van der Waals surface area (Å²) in [5, 5.41) is 12.0. The molecule has 2 aliphatic heterocycles. The maximum absolute atomic E-state index is 12.8. The minimum Gasteiger partial charge on any atom is -0.395 e. The number of aliphatic hydroxyl groups is 1. The summed E-state index contributed by atoms with van der Waals surface area (Å²) in [5.41, 5.74) is 1.91. The minimum atomic E-state index is 0.0824. The zero-order valence-corrected chi connectivity index (χ0v) is 15.5. The summed E-state index contributed by atoms with van der Waals surface area (Å²) in [4.78, 5) is 28.3. The van der Waals surface area contributed by atoms with E-state index in [1.54, 1.807) is 0 Å². The zero-order chi connectivity index (χ0) is 18.6. The van der Waals surface area contributed by atoms with E-state index >= 15 is 0 Å². The fraction of sp³-hybridized carbons (Fsp3) is 0.600. The van der Waals surface area contributed by atoms with Crippen LogP contribution in [0.2, 0.25) is 0 Å². The van der Waals surface area contributed by atoms with Crippen LogP contribution in [0.15, 0.2) is 24.3 Å². The third-order valence-corrected chi connectivity index (χ3v) is 5.96. The number of hydrogen-bond acceptors (Lipinski definition) is 4. The van der Waals surface area contributed by atoms with Gasteiger partial charge in [-0.2, -0.15) is 0 Å². The number of benzene rings is 1. The Labute approximate surface area is 155 Å². The van der Waals surface area contributed by atoms with Crippen molar-refractivity contribution in [1.29, 1.82) is 0 Å². The molecule has 6 heteroatoms. The molecule has 2 amide bonds. The molecule has 1 aromatic carbocycles. The van der Waals surface area contributed by atoms with Crippen molar-refractivity contribution in [2.45, 2.75) is 32.1 Å². The molecule has 0 saturated carbocycles. The predicted octanol–water partition coefficient (Wildman–Crippen LogP) is 1.64. The smallest absolute Gasteiger partial charge is 0.253 e. The summed E-state index contributed by atoms with van der Waals surface area (Å²) < 4.78 is 0. The SMILES string of the molecule is CN(CCO)c1ccc(C(=O)N2CCC3(CCNC(=O)CC3)CC2)cc1. The first kappa shape index (κ1) is 18.7. The van der Waals surface area contributed by atoms with Gasteiger partial charge in [-0.1, -0.05) is 0 Å². The fourth-order valence-corrected chi connectivity index (χ4v) is 4.06. The Morgan fingerprint density at radius 3 is 2.54 bits per heavy atom. The average Bonchev–Trinajstić information content (AvgIpc) is 2.84. The van der Waals surface area contributed by atoms with Crippen LogP contribution in [0.4, 0.5) is 5.69 Å². The first-order valence-electron chi connectivity index (χ1n) is 9.51. The Bertz CT molecular complexity index is 636. The number of nitrogens with one attached hydrogen (secondary N) is 1. The van der Waals surface area contributed by atoms with Crippen molar-refractivity contribution >= 4 is 17.5 Å². The van der Waals surface area contributed by atoms with Gasteiger partial charge in [0.15, 0.2) is 0 Å². The molecule has 26 heavy (non-hydrogen) atoms. The molecule has 2 heterocycles. The highest BCUT2D eigenvalue weighted by Gasteiger charge is 2.37. The Morgan fingerprint density at radius 1 is 1.19 bits per heavy atom. The molecule has 2 N–H and O–H groups in total. The number of likely N-dealkylation sites (N-methyl/N-ethyl adjacent to an activating group) is 1. The van der Waals surface area contributed by atoms with E-state index in [-0.39, 0.29) is 23.8 Å². The lowest BCUT2D eigenvalue weighted by Gasteiger charge is -2.41. The van der Waals surface area contributed by atoms with E-state index in [9.17, 15) is 9.59 Å². The molecule has 0 bridgehead atoms. The Morgan fingerprint density at radius 2 is 1.88 bits per heavy atom. The minimum absolute atomic E-state index is 0.0824. The highest BCUT2D eigenvalue weighted by atomic mass is 16.3. The van der Waals surface area contributed by atoms with E-state index in [1.165, 1.54) is 0 Å². The lowest BCUT2D eigenvalue weighted by atomic mass is 9.73. The van der Waals surface area contributed by atoms with Crippen LogP contribution < -0.4 is 10.2 Å². The summed E-state index contributed by atoms with van der Waals surface area (Å²) in [5.74, 6) is 0.241. The number of carbonyl (C=O) groups excluding carboxylic acids is 2. The van der Waals surface area contributed by atoms with E-state index in [2.05, 4.69) is 5.32 Å². The van der Waals surface area contributed by atoms with Gasteiger partial charge >= 0.3 is 0 Å². The van der Waals surface area contributed by atoms with Gasteiger partial charge in [-0.3, -0.25) is 9.59 Å². The van der Waals surface area contributed by atoms with E-state index in [0.717, 1.165) is 51.0 Å². The number of nitrogens with zero attached hydrogens (tertiary/aromatic N) is 2. The van der Waals surface area contributed by atoms with Crippen molar-refractivity contribution in [1.82, 2.24) is 10.2 Å². The van der Waals surface area contributed by atoms with Crippen molar-refractivity contribution < 1.29 is 14.7 Å². The molecule has 0 aromatic heterocycles. The Balaban J connectivity index is 1.59. The number of carbonyl (C=O) groups is 2.